The number of sulfonamides is 1. The molecule has 0 saturated heterocycles. The minimum atomic E-state index is -4.37. The van der Waals surface area contributed by atoms with Crippen LogP contribution >= 0.6 is 15.9 Å². The van der Waals surface area contributed by atoms with Crippen LogP contribution in [0.15, 0.2) is 119 Å². The van der Waals surface area contributed by atoms with E-state index in [0.29, 0.717) is 0 Å². The second kappa shape index (κ2) is 16.0. The van der Waals surface area contributed by atoms with E-state index < -0.39 is 33.4 Å². The molecule has 250 valence electrons. The standard InChI is InChI=1S/C36H37BrN4O6S/c37-29-21-19-28(20-22-29)25-39(34(23-27-11-4-1-5-12-27)36(43)38-30-13-6-2-7-14-30)35(42)26-40(31-15-10-16-32(24-31)41(44)45)48(46,47)33-17-8-3-9-18-33/h1,3-5,8-12,15-22,24,30,34H,2,6-7,13-14,23,25-26H2,(H,38,43). The third-order valence-corrected chi connectivity index (χ3v) is 10.7. The van der Waals surface area contributed by atoms with E-state index in [9.17, 15) is 28.1 Å². The van der Waals surface area contributed by atoms with Crippen molar-refractivity contribution in [2.45, 2.75) is 62.0 Å². The molecule has 0 aliphatic heterocycles. The van der Waals surface area contributed by atoms with E-state index in [1.807, 2.05) is 54.6 Å². The van der Waals surface area contributed by atoms with Crippen molar-refractivity contribution in [3.05, 3.63) is 135 Å². The average Bonchev–Trinajstić information content (AvgIpc) is 3.10. The number of non-ortho nitro benzene ring substituents is 1. The Morgan fingerprint density at radius 2 is 1.50 bits per heavy atom. The second-order valence-corrected chi connectivity index (χ2v) is 14.6. The van der Waals surface area contributed by atoms with Gasteiger partial charge in [0.15, 0.2) is 0 Å². The molecule has 5 rings (SSSR count). The maximum atomic E-state index is 14.6. The first-order valence-electron chi connectivity index (χ1n) is 15.8. The minimum absolute atomic E-state index is 0.0195. The number of nitro benzene ring substituents is 1. The van der Waals surface area contributed by atoms with Gasteiger partial charge < -0.3 is 10.2 Å². The lowest BCUT2D eigenvalue weighted by Gasteiger charge is -2.35. The molecule has 1 aliphatic carbocycles. The van der Waals surface area contributed by atoms with Gasteiger partial charge in [0.1, 0.15) is 12.6 Å². The van der Waals surface area contributed by atoms with Gasteiger partial charge in [0.2, 0.25) is 11.8 Å². The predicted octanol–water partition coefficient (Wildman–Crippen LogP) is 6.64. The van der Waals surface area contributed by atoms with Gasteiger partial charge in [-0.1, -0.05) is 102 Å². The van der Waals surface area contributed by atoms with Crippen LogP contribution in [0.25, 0.3) is 0 Å². The molecule has 12 heteroatoms. The molecule has 4 aromatic carbocycles. The zero-order chi connectivity index (χ0) is 34.1. The third kappa shape index (κ3) is 8.87. The molecule has 1 saturated carbocycles. The fourth-order valence-electron chi connectivity index (χ4n) is 5.89. The fraction of sp³-hybridized carbons (Fsp3) is 0.278. The van der Waals surface area contributed by atoms with Crippen molar-refractivity contribution in [2.24, 2.45) is 0 Å². The molecule has 0 heterocycles. The summed E-state index contributed by atoms with van der Waals surface area (Å²) in [5, 5.41) is 14.9. The van der Waals surface area contributed by atoms with E-state index in [-0.39, 0.29) is 41.2 Å². The molecule has 1 atom stereocenters. The Hall–Kier alpha value is -4.55. The summed E-state index contributed by atoms with van der Waals surface area (Å²) < 4.78 is 30.0. The van der Waals surface area contributed by atoms with Gasteiger partial charge >= 0.3 is 0 Å². The Kier molecular flexibility index (Phi) is 11.6. The average molecular weight is 734 g/mol. The first-order valence-corrected chi connectivity index (χ1v) is 18.1. The van der Waals surface area contributed by atoms with Crippen LogP contribution in [0.3, 0.4) is 0 Å². The molecule has 0 spiro atoms. The van der Waals surface area contributed by atoms with Crippen molar-refractivity contribution in [3.63, 3.8) is 0 Å². The Bertz CT molecular complexity index is 1820. The maximum absolute atomic E-state index is 14.6. The van der Waals surface area contributed by atoms with Crippen molar-refractivity contribution in [2.75, 3.05) is 10.8 Å². The number of benzene rings is 4. The molecule has 1 fully saturated rings. The third-order valence-electron chi connectivity index (χ3n) is 8.43. The first-order chi connectivity index (χ1) is 23.1. The quantitative estimate of drug-likeness (QED) is 0.121. The molecule has 0 bridgehead atoms. The molecular weight excluding hydrogens is 696 g/mol. The summed E-state index contributed by atoms with van der Waals surface area (Å²) in [7, 11) is -4.37. The Balaban J connectivity index is 1.57. The van der Waals surface area contributed by atoms with Gasteiger partial charge in [0.05, 0.1) is 15.5 Å². The molecule has 0 aromatic heterocycles. The largest absolute Gasteiger partial charge is 0.352 e. The summed E-state index contributed by atoms with van der Waals surface area (Å²) in [6.07, 6.45) is 5.01. The summed E-state index contributed by atoms with van der Waals surface area (Å²) >= 11 is 3.44. The number of carbonyl (C=O) groups excluding carboxylic acids is 2. The molecule has 2 amide bonds. The van der Waals surface area contributed by atoms with Crippen LogP contribution in [0, 0.1) is 10.1 Å². The zero-order valence-corrected chi connectivity index (χ0v) is 28.7. The fourth-order valence-corrected chi connectivity index (χ4v) is 7.59. The van der Waals surface area contributed by atoms with Crippen molar-refractivity contribution in [1.29, 1.82) is 0 Å². The number of nitrogens with one attached hydrogen (secondary N) is 1. The molecule has 10 nitrogen and oxygen atoms in total. The Morgan fingerprint density at radius 3 is 2.15 bits per heavy atom. The van der Waals surface area contributed by atoms with Gasteiger partial charge in [-0.25, -0.2) is 8.42 Å². The van der Waals surface area contributed by atoms with Gasteiger partial charge in [0, 0.05) is 35.6 Å². The summed E-state index contributed by atoms with van der Waals surface area (Å²) in [5.41, 5.74) is 1.20. The lowest BCUT2D eigenvalue weighted by atomic mass is 9.94. The van der Waals surface area contributed by atoms with Gasteiger partial charge in [-0.2, -0.15) is 0 Å². The summed E-state index contributed by atoms with van der Waals surface area (Å²) in [6.45, 7) is -0.674. The second-order valence-electron chi connectivity index (χ2n) is 11.8. The normalized spacial score (nSPS) is 14.1. The minimum Gasteiger partial charge on any atom is -0.352 e. The van der Waals surface area contributed by atoms with E-state index >= 15 is 0 Å². The number of rotatable bonds is 13. The van der Waals surface area contributed by atoms with Crippen LogP contribution in [-0.2, 0) is 32.6 Å². The molecule has 0 radical (unpaired) electrons. The van der Waals surface area contributed by atoms with Gasteiger partial charge in [-0.3, -0.25) is 24.0 Å². The van der Waals surface area contributed by atoms with E-state index in [1.54, 1.807) is 18.2 Å². The van der Waals surface area contributed by atoms with Crippen LogP contribution < -0.4 is 9.62 Å². The topological polar surface area (TPSA) is 130 Å². The summed E-state index contributed by atoms with van der Waals surface area (Å²) in [4.78, 5) is 41.2. The zero-order valence-electron chi connectivity index (χ0n) is 26.3. The highest BCUT2D eigenvalue weighted by Crippen LogP contribution is 2.28. The van der Waals surface area contributed by atoms with Crippen LogP contribution in [0.1, 0.15) is 43.2 Å². The highest BCUT2D eigenvalue weighted by Gasteiger charge is 2.35. The van der Waals surface area contributed by atoms with Gasteiger partial charge in [-0.15, -0.1) is 0 Å². The lowest BCUT2D eigenvalue weighted by molar-refractivity contribution is -0.384. The first kappa shape index (κ1) is 34.8. The van der Waals surface area contributed by atoms with Crippen LogP contribution in [0.5, 0.6) is 0 Å². The number of amides is 2. The molecule has 1 aliphatic rings. The van der Waals surface area contributed by atoms with E-state index in [2.05, 4.69) is 21.2 Å². The monoisotopic (exact) mass is 732 g/mol. The van der Waals surface area contributed by atoms with E-state index in [0.717, 1.165) is 58.1 Å². The van der Waals surface area contributed by atoms with Crippen LogP contribution in [-0.4, -0.2) is 48.7 Å². The predicted molar refractivity (Wildman–Crippen MR) is 188 cm³/mol. The van der Waals surface area contributed by atoms with Crippen molar-refractivity contribution < 1.29 is 22.9 Å². The lowest BCUT2D eigenvalue weighted by Crippen LogP contribution is -2.55. The smallest absolute Gasteiger partial charge is 0.271 e. The maximum Gasteiger partial charge on any atom is 0.271 e. The molecular formula is C36H37BrN4O6S. The Morgan fingerprint density at radius 1 is 0.854 bits per heavy atom. The summed E-state index contributed by atoms with van der Waals surface area (Å²) in [5.74, 6) is -0.951. The molecule has 1 N–H and O–H groups in total. The number of carbonyl (C=O) groups is 2. The van der Waals surface area contributed by atoms with Gasteiger partial charge in [-0.05, 0) is 54.3 Å². The number of anilines is 1. The van der Waals surface area contributed by atoms with Crippen molar-refractivity contribution in [3.8, 4) is 0 Å². The SMILES string of the molecule is O=C(NC1CCCCC1)C(Cc1ccccc1)N(Cc1ccc(Br)cc1)C(=O)CN(c1cccc([N+](=O)[O-])c1)S(=O)(=O)c1ccccc1. The van der Waals surface area contributed by atoms with Crippen LogP contribution in [0.4, 0.5) is 11.4 Å². The Labute approximate surface area is 289 Å². The number of hydrogen-bond acceptors (Lipinski definition) is 6. The van der Waals surface area contributed by atoms with E-state index in [1.165, 1.54) is 35.2 Å². The van der Waals surface area contributed by atoms with Gasteiger partial charge in [0.25, 0.3) is 15.7 Å². The van der Waals surface area contributed by atoms with Crippen molar-refractivity contribution in [1.82, 2.24) is 10.2 Å². The van der Waals surface area contributed by atoms with E-state index in [4.69, 9.17) is 0 Å². The summed E-state index contributed by atoms with van der Waals surface area (Å²) in [6, 6.07) is 28.5. The highest BCUT2D eigenvalue weighted by atomic mass is 79.9. The molecule has 4 aromatic rings. The van der Waals surface area contributed by atoms with Crippen LogP contribution in [0.2, 0.25) is 0 Å². The molecule has 48 heavy (non-hydrogen) atoms. The highest BCUT2D eigenvalue weighted by molar-refractivity contribution is 9.10. The number of halogens is 1. The number of hydrogen-bond donors (Lipinski definition) is 1. The van der Waals surface area contributed by atoms with Crippen molar-refractivity contribution >= 4 is 49.1 Å². The number of nitrogens with zero attached hydrogens (tertiary/aromatic N) is 3. The number of nitro groups is 1. The molecule has 1 unspecified atom stereocenters.